The minimum atomic E-state index is -3.09. The van der Waals surface area contributed by atoms with E-state index in [0.29, 0.717) is 16.8 Å². The Morgan fingerprint density at radius 2 is 1.97 bits per heavy atom. The number of hydrogen-bond acceptors (Lipinski definition) is 4. The molecular formula is C22H20F2N4O2. The normalized spacial score (nSPS) is 24.3. The molecule has 4 rings (SSSR count). The first-order chi connectivity index (χ1) is 14.3. The molecule has 2 heterocycles. The molecule has 2 aliphatic rings. The summed E-state index contributed by atoms with van der Waals surface area (Å²) >= 11 is 0. The van der Waals surface area contributed by atoms with E-state index in [1.54, 1.807) is 6.07 Å². The van der Waals surface area contributed by atoms with E-state index in [4.69, 9.17) is 11.0 Å². The van der Waals surface area contributed by atoms with E-state index >= 15 is 0 Å². The lowest BCUT2D eigenvalue weighted by Gasteiger charge is -2.20. The molecule has 6 nitrogen and oxygen atoms in total. The predicted molar refractivity (Wildman–Crippen MR) is 104 cm³/mol. The number of carbonyl (C=O) groups is 2. The second-order valence-corrected chi connectivity index (χ2v) is 7.85. The van der Waals surface area contributed by atoms with Crippen LogP contribution in [0.5, 0.6) is 0 Å². The van der Waals surface area contributed by atoms with Crippen molar-refractivity contribution in [3.8, 4) is 6.07 Å². The number of carbonyl (C=O) groups excluding carboxylic acids is 2. The first-order valence-electron chi connectivity index (χ1n) is 9.70. The minimum absolute atomic E-state index is 0.0295. The van der Waals surface area contributed by atoms with Gasteiger partial charge in [0.25, 0.3) is 5.92 Å². The van der Waals surface area contributed by atoms with Gasteiger partial charge in [0.1, 0.15) is 6.04 Å². The van der Waals surface area contributed by atoms with Gasteiger partial charge in [0.2, 0.25) is 11.8 Å². The smallest absolute Gasteiger partial charge is 0.268 e. The fraction of sp³-hybridized carbons (Fsp3) is 0.364. The summed E-state index contributed by atoms with van der Waals surface area (Å²) in [5, 5.41) is 9.16. The van der Waals surface area contributed by atoms with Crippen LogP contribution in [-0.2, 0) is 11.2 Å². The quantitative estimate of drug-likeness (QED) is 0.819. The molecule has 30 heavy (non-hydrogen) atoms. The Morgan fingerprint density at radius 3 is 2.63 bits per heavy atom. The maximum atomic E-state index is 13.7. The fourth-order valence-corrected chi connectivity index (χ4v) is 4.31. The molecule has 0 radical (unpaired) electrons. The van der Waals surface area contributed by atoms with Gasteiger partial charge in [0.05, 0.1) is 24.7 Å². The topological polar surface area (TPSA) is 100 Å². The van der Waals surface area contributed by atoms with Crippen LogP contribution in [-0.4, -0.2) is 40.2 Å². The van der Waals surface area contributed by atoms with Crippen molar-refractivity contribution in [3.05, 3.63) is 65.0 Å². The lowest BCUT2D eigenvalue weighted by Crippen LogP contribution is -2.37. The molecule has 2 N–H and O–H groups in total. The van der Waals surface area contributed by atoms with Crippen molar-refractivity contribution >= 4 is 11.8 Å². The van der Waals surface area contributed by atoms with Crippen LogP contribution >= 0.6 is 0 Å². The summed E-state index contributed by atoms with van der Waals surface area (Å²) in [4.78, 5) is 30.0. The monoisotopic (exact) mass is 410 g/mol. The summed E-state index contributed by atoms with van der Waals surface area (Å²) in [5.41, 5.74) is 7.92. The van der Waals surface area contributed by atoms with Gasteiger partial charge in [0, 0.05) is 18.2 Å². The predicted octanol–water partition coefficient (Wildman–Crippen LogP) is 2.75. The largest absolute Gasteiger partial charge is 0.366 e. The number of benzene rings is 1. The molecule has 3 atom stereocenters. The number of likely N-dealkylation sites (tertiary alicyclic amines) is 1. The Hall–Kier alpha value is -3.34. The highest BCUT2D eigenvalue weighted by Crippen LogP contribution is 2.56. The van der Waals surface area contributed by atoms with E-state index in [0.717, 1.165) is 16.9 Å². The molecule has 2 fully saturated rings. The van der Waals surface area contributed by atoms with Gasteiger partial charge in [-0.15, -0.1) is 0 Å². The van der Waals surface area contributed by atoms with Gasteiger partial charge in [0.15, 0.2) is 0 Å². The van der Waals surface area contributed by atoms with Gasteiger partial charge in [-0.3, -0.25) is 14.6 Å². The van der Waals surface area contributed by atoms with Crippen LogP contribution in [0.4, 0.5) is 8.78 Å². The molecule has 0 bridgehead atoms. The van der Waals surface area contributed by atoms with Crippen LogP contribution in [0.2, 0.25) is 0 Å². The van der Waals surface area contributed by atoms with Crippen LogP contribution < -0.4 is 5.73 Å². The van der Waals surface area contributed by atoms with Crippen LogP contribution in [0.1, 0.15) is 51.9 Å². The number of rotatable bonds is 5. The van der Waals surface area contributed by atoms with Gasteiger partial charge in [-0.05, 0) is 35.4 Å². The average molecular weight is 410 g/mol. The van der Waals surface area contributed by atoms with E-state index in [2.05, 4.69) is 4.98 Å². The molecule has 3 unspecified atom stereocenters. The van der Waals surface area contributed by atoms with Crippen molar-refractivity contribution in [2.75, 3.05) is 6.54 Å². The fourth-order valence-electron chi connectivity index (χ4n) is 4.31. The third-order valence-electron chi connectivity index (χ3n) is 5.78. The number of primary amides is 1. The van der Waals surface area contributed by atoms with Crippen LogP contribution in [0.15, 0.2) is 42.6 Å². The van der Waals surface area contributed by atoms with E-state index in [9.17, 15) is 18.4 Å². The highest BCUT2D eigenvalue weighted by atomic mass is 19.3. The number of halogens is 2. The standard InChI is InChI=1S/C22H20F2N4O2/c23-22(24)10-14(11-25)28(12-22)19(29)9-18-20(15(21(26)30)6-7-27-18)17-8-16(17)13-4-2-1-3-5-13/h1-7,14,16-17H,8-10,12H2,(H2,26,30). The number of alkyl halides is 2. The molecular weight excluding hydrogens is 390 g/mol. The third-order valence-corrected chi connectivity index (χ3v) is 5.78. The van der Waals surface area contributed by atoms with E-state index in [1.165, 1.54) is 12.3 Å². The number of hydrogen-bond donors (Lipinski definition) is 1. The molecule has 1 aromatic carbocycles. The highest BCUT2D eigenvalue weighted by Gasteiger charge is 2.48. The van der Waals surface area contributed by atoms with Crippen LogP contribution in [0.3, 0.4) is 0 Å². The van der Waals surface area contributed by atoms with Crippen LogP contribution in [0.25, 0.3) is 0 Å². The molecule has 1 aromatic heterocycles. The Morgan fingerprint density at radius 1 is 1.23 bits per heavy atom. The maximum Gasteiger partial charge on any atom is 0.268 e. The molecule has 1 saturated heterocycles. The Balaban J connectivity index is 1.63. The average Bonchev–Trinajstić information content (AvgIpc) is 3.44. The van der Waals surface area contributed by atoms with Crippen molar-refractivity contribution in [2.24, 2.45) is 5.73 Å². The van der Waals surface area contributed by atoms with Gasteiger partial charge in [-0.25, -0.2) is 8.78 Å². The number of pyridine rings is 1. The van der Waals surface area contributed by atoms with E-state index in [1.807, 2.05) is 30.3 Å². The molecule has 2 aromatic rings. The van der Waals surface area contributed by atoms with Crippen molar-refractivity contribution in [3.63, 3.8) is 0 Å². The highest BCUT2D eigenvalue weighted by molar-refractivity contribution is 5.95. The Labute approximate surface area is 172 Å². The minimum Gasteiger partial charge on any atom is -0.366 e. The third kappa shape index (κ3) is 3.75. The zero-order valence-electron chi connectivity index (χ0n) is 16.1. The second-order valence-electron chi connectivity index (χ2n) is 7.85. The van der Waals surface area contributed by atoms with Crippen LogP contribution in [0, 0.1) is 11.3 Å². The SMILES string of the molecule is N#CC1CC(F)(F)CN1C(=O)Cc1nccc(C(N)=O)c1C1CC1c1ccccc1. The molecule has 2 amide bonds. The number of nitrogens with zero attached hydrogens (tertiary/aromatic N) is 3. The lowest BCUT2D eigenvalue weighted by atomic mass is 9.96. The summed E-state index contributed by atoms with van der Waals surface area (Å²) in [7, 11) is 0. The second kappa shape index (κ2) is 7.48. The van der Waals surface area contributed by atoms with Crippen molar-refractivity contribution in [1.82, 2.24) is 9.88 Å². The first-order valence-corrected chi connectivity index (χ1v) is 9.70. The molecule has 1 aliphatic carbocycles. The van der Waals surface area contributed by atoms with Gasteiger partial charge in [-0.1, -0.05) is 30.3 Å². The zero-order valence-corrected chi connectivity index (χ0v) is 16.1. The van der Waals surface area contributed by atoms with Gasteiger partial charge >= 0.3 is 0 Å². The molecule has 1 aliphatic heterocycles. The Kier molecular flexibility index (Phi) is 4.98. The lowest BCUT2D eigenvalue weighted by molar-refractivity contribution is -0.131. The summed E-state index contributed by atoms with van der Waals surface area (Å²) in [5.74, 6) is -4.17. The number of amides is 2. The first kappa shape index (κ1) is 20.0. The van der Waals surface area contributed by atoms with E-state index < -0.39 is 36.7 Å². The van der Waals surface area contributed by atoms with Gasteiger partial charge in [-0.2, -0.15) is 5.26 Å². The van der Waals surface area contributed by atoms with Crippen molar-refractivity contribution in [2.45, 2.75) is 43.1 Å². The number of nitrogens with two attached hydrogens (primary N) is 1. The summed E-state index contributed by atoms with van der Waals surface area (Å²) in [6, 6.07) is 11.9. The molecule has 0 spiro atoms. The molecule has 1 saturated carbocycles. The molecule has 8 heteroatoms. The van der Waals surface area contributed by atoms with E-state index in [-0.39, 0.29) is 18.3 Å². The van der Waals surface area contributed by atoms with Crippen molar-refractivity contribution < 1.29 is 18.4 Å². The summed E-state index contributed by atoms with van der Waals surface area (Å²) in [6.07, 6.45) is 1.24. The zero-order chi connectivity index (χ0) is 21.5. The van der Waals surface area contributed by atoms with Gasteiger partial charge < -0.3 is 10.6 Å². The maximum absolute atomic E-state index is 13.7. The molecule has 154 valence electrons. The Bertz CT molecular complexity index is 1040. The summed E-state index contributed by atoms with van der Waals surface area (Å²) < 4.78 is 27.5. The van der Waals surface area contributed by atoms with Crippen molar-refractivity contribution in [1.29, 1.82) is 5.26 Å². The number of aromatic nitrogens is 1. The summed E-state index contributed by atoms with van der Waals surface area (Å²) in [6.45, 7) is -0.787. The number of nitriles is 1.